The van der Waals surface area contributed by atoms with Gasteiger partial charge in [0.25, 0.3) is 0 Å². The highest BCUT2D eigenvalue weighted by atomic mass is 16.5. The molecule has 0 saturated carbocycles. The molecule has 0 atom stereocenters. The van der Waals surface area contributed by atoms with Crippen LogP contribution >= 0.6 is 0 Å². The molecule has 0 aliphatic rings. The van der Waals surface area contributed by atoms with Crippen molar-refractivity contribution in [2.75, 3.05) is 26.8 Å². The van der Waals surface area contributed by atoms with Gasteiger partial charge in [0, 0.05) is 13.7 Å². The Kier molecular flexibility index (Phi) is 6.60. The highest BCUT2D eigenvalue weighted by Crippen LogP contribution is 2.15. The van der Waals surface area contributed by atoms with Crippen LogP contribution in [0.1, 0.15) is 24.5 Å². The predicted molar refractivity (Wildman–Crippen MR) is 74.2 cm³/mol. The molecule has 0 amide bonds. The molecule has 0 spiro atoms. The zero-order chi connectivity index (χ0) is 12.5. The maximum Gasteiger partial charge on any atom is 0.0587 e. The van der Waals surface area contributed by atoms with E-state index in [4.69, 9.17) is 4.74 Å². The Morgan fingerprint density at radius 3 is 2.88 bits per heavy atom. The van der Waals surface area contributed by atoms with Crippen LogP contribution in [-0.4, -0.2) is 26.8 Å². The molecule has 17 heavy (non-hydrogen) atoms. The Morgan fingerprint density at radius 1 is 1.35 bits per heavy atom. The van der Waals surface area contributed by atoms with Crippen LogP contribution in [-0.2, 0) is 4.74 Å². The highest BCUT2D eigenvalue weighted by molar-refractivity contribution is 5.64. The zero-order valence-corrected chi connectivity index (χ0v) is 11.1. The minimum Gasteiger partial charge on any atom is -0.383 e. The van der Waals surface area contributed by atoms with Crippen molar-refractivity contribution in [1.82, 2.24) is 5.32 Å². The molecule has 0 fully saturated rings. The minimum atomic E-state index is 0.778. The van der Waals surface area contributed by atoms with Gasteiger partial charge >= 0.3 is 0 Å². The summed E-state index contributed by atoms with van der Waals surface area (Å²) in [5.41, 5.74) is 3.98. The predicted octanol–water partition coefficient (Wildman–Crippen LogP) is 3.02. The molecule has 0 radical (unpaired) electrons. The average molecular weight is 233 g/mol. The lowest BCUT2D eigenvalue weighted by Gasteiger charge is -2.04. The van der Waals surface area contributed by atoms with Gasteiger partial charge in [-0.05, 0) is 37.9 Å². The van der Waals surface area contributed by atoms with Crippen molar-refractivity contribution in [1.29, 1.82) is 0 Å². The summed E-state index contributed by atoms with van der Waals surface area (Å²) in [6.07, 6.45) is 3.35. The lowest BCUT2D eigenvalue weighted by Crippen LogP contribution is -2.19. The number of allylic oxidation sites excluding steroid dienone is 1. The Morgan fingerprint density at radius 2 is 2.18 bits per heavy atom. The van der Waals surface area contributed by atoms with E-state index in [9.17, 15) is 0 Å². The summed E-state index contributed by atoms with van der Waals surface area (Å²) in [6, 6.07) is 8.63. The second-order valence-corrected chi connectivity index (χ2v) is 4.29. The van der Waals surface area contributed by atoms with Crippen molar-refractivity contribution in [3.8, 4) is 0 Å². The molecular formula is C15H23NO. The third-order valence-electron chi connectivity index (χ3n) is 2.73. The molecule has 0 aliphatic heterocycles. The number of benzene rings is 1. The van der Waals surface area contributed by atoms with E-state index in [1.807, 2.05) is 0 Å². The molecule has 0 aromatic heterocycles. The molecule has 2 nitrogen and oxygen atoms in total. The van der Waals surface area contributed by atoms with E-state index in [0.717, 1.165) is 26.1 Å². The number of rotatable bonds is 7. The van der Waals surface area contributed by atoms with Crippen LogP contribution in [0.4, 0.5) is 0 Å². The maximum atomic E-state index is 4.97. The number of ether oxygens (including phenoxy) is 1. The first-order valence-corrected chi connectivity index (χ1v) is 6.17. The molecule has 0 unspecified atom stereocenters. The van der Waals surface area contributed by atoms with E-state index < -0.39 is 0 Å². The van der Waals surface area contributed by atoms with Crippen LogP contribution in [0.25, 0.3) is 5.57 Å². The summed E-state index contributed by atoms with van der Waals surface area (Å²) in [4.78, 5) is 0. The fraction of sp³-hybridized carbons (Fsp3) is 0.467. The Bertz CT molecular complexity index is 358. The normalized spacial score (nSPS) is 11.8. The summed E-state index contributed by atoms with van der Waals surface area (Å²) in [7, 11) is 1.73. The Labute approximate surface area is 105 Å². The number of hydrogen-bond acceptors (Lipinski definition) is 2. The van der Waals surface area contributed by atoms with E-state index in [0.29, 0.717) is 0 Å². The van der Waals surface area contributed by atoms with Crippen LogP contribution in [0.3, 0.4) is 0 Å². The molecule has 1 aromatic carbocycles. The monoisotopic (exact) mass is 233 g/mol. The van der Waals surface area contributed by atoms with Crippen LogP contribution < -0.4 is 5.32 Å². The standard InChI is InChI=1S/C15H23NO/c1-13-6-4-8-15(12-13)14(2)7-5-9-16-10-11-17-3/h4,6-8,12,16H,5,9-11H2,1-3H3. The molecule has 0 heterocycles. The topological polar surface area (TPSA) is 21.3 Å². The first-order valence-electron chi connectivity index (χ1n) is 6.17. The molecule has 0 aliphatic carbocycles. The highest BCUT2D eigenvalue weighted by Gasteiger charge is 1.95. The largest absolute Gasteiger partial charge is 0.383 e. The summed E-state index contributed by atoms with van der Waals surface area (Å²) in [5, 5.41) is 3.33. The van der Waals surface area contributed by atoms with Gasteiger partial charge in [0.05, 0.1) is 6.61 Å². The molecule has 2 heteroatoms. The average Bonchev–Trinajstić information content (AvgIpc) is 2.33. The van der Waals surface area contributed by atoms with Crippen molar-refractivity contribution >= 4 is 5.57 Å². The van der Waals surface area contributed by atoms with Crippen LogP contribution in [0.5, 0.6) is 0 Å². The van der Waals surface area contributed by atoms with Gasteiger partial charge in [0.15, 0.2) is 0 Å². The second kappa shape index (κ2) is 8.04. The number of aryl methyl sites for hydroxylation is 1. The lowest BCUT2D eigenvalue weighted by atomic mass is 10.0. The van der Waals surface area contributed by atoms with Crippen LogP contribution in [0.2, 0.25) is 0 Å². The van der Waals surface area contributed by atoms with Crippen molar-refractivity contribution in [3.63, 3.8) is 0 Å². The second-order valence-electron chi connectivity index (χ2n) is 4.29. The fourth-order valence-corrected chi connectivity index (χ4v) is 1.70. The van der Waals surface area contributed by atoms with E-state index in [1.165, 1.54) is 16.7 Å². The smallest absolute Gasteiger partial charge is 0.0587 e. The van der Waals surface area contributed by atoms with Crippen LogP contribution in [0.15, 0.2) is 30.3 Å². The third-order valence-corrected chi connectivity index (χ3v) is 2.73. The van der Waals surface area contributed by atoms with E-state index >= 15 is 0 Å². The number of methoxy groups -OCH3 is 1. The van der Waals surface area contributed by atoms with Gasteiger partial charge in [-0.15, -0.1) is 0 Å². The minimum absolute atomic E-state index is 0.778. The van der Waals surface area contributed by atoms with Gasteiger partial charge in [0.2, 0.25) is 0 Å². The van der Waals surface area contributed by atoms with Gasteiger partial charge in [-0.1, -0.05) is 35.9 Å². The summed E-state index contributed by atoms with van der Waals surface area (Å²) in [6.45, 7) is 7.01. The quantitative estimate of drug-likeness (QED) is 0.731. The molecular weight excluding hydrogens is 210 g/mol. The van der Waals surface area contributed by atoms with Gasteiger partial charge in [-0.3, -0.25) is 0 Å². The first kappa shape index (κ1) is 13.9. The third kappa shape index (κ3) is 5.66. The van der Waals surface area contributed by atoms with Crippen molar-refractivity contribution in [3.05, 3.63) is 41.5 Å². The van der Waals surface area contributed by atoms with Crippen molar-refractivity contribution in [2.45, 2.75) is 20.3 Å². The molecule has 0 bridgehead atoms. The summed E-state index contributed by atoms with van der Waals surface area (Å²) < 4.78 is 4.97. The summed E-state index contributed by atoms with van der Waals surface area (Å²) >= 11 is 0. The fourth-order valence-electron chi connectivity index (χ4n) is 1.70. The van der Waals surface area contributed by atoms with E-state index in [1.54, 1.807) is 7.11 Å². The van der Waals surface area contributed by atoms with Crippen molar-refractivity contribution < 1.29 is 4.74 Å². The molecule has 94 valence electrons. The number of hydrogen-bond donors (Lipinski definition) is 1. The van der Waals surface area contributed by atoms with Gasteiger partial charge < -0.3 is 10.1 Å². The molecule has 1 rings (SSSR count). The summed E-state index contributed by atoms with van der Waals surface area (Å²) in [5.74, 6) is 0. The van der Waals surface area contributed by atoms with E-state index in [-0.39, 0.29) is 0 Å². The van der Waals surface area contributed by atoms with E-state index in [2.05, 4.69) is 49.5 Å². The zero-order valence-electron chi connectivity index (χ0n) is 11.1. The van der Waals surface area contributed by atoms with Gasteiger partial charge in [-0.25, -0.2) is 0 Å². The van der Waals surface area contributed by atoms with Gasteiger partial charge in [0.1, 0.15) is 0 Å². The SMILES string of the molecule is COCCNCCC=C(C)c1cccc(C)c1. The van der Waals surface area contributed by atoms with Crippen LogP contribution in [0, 0.1) is 6.92 Å². The Balaban J connectivity index is 2.34. The molecule has 1 N–H and O–H groups in total. The van der Waals surface area contributed by atoms with Crippen molar-refractivity contribution in [2.24, 2.45) is 0 Å². The van der Waals surface area contributed by atoms with Gasteiger partial charge in [-0.2, -0.15) is 0 Å². The molecule has 0 saturated heterocycles. The first-order chi connectivity index (χ1) is 8.24. The Hall–Kier alpha value is -1.12. The number of nitrogens with one attached hydrogen (secondary N) is 1. The maximum absolute atomic E-state index is 4.97. The molecule has 1 aromatic rings. The lowest BCUT2D eigenvalue weighted by molar-refractivity contribution is 0.199.